The SMILES string of the molecule is CC1CCC(C)C(O)(C2CC2)C1. The summed E-state index contributed by atoms with van der Waals surface area (Å²) in [6, 6.07) is 0. The molecule has 0 saturated heterocycles. The molecule has 0 bridgehead atoms. The molecule has 2 aliphatic rings. The maximum atomic E-state index is 10.4. The van der Waals surface area contributed by atoms with Crippen LogP contribution in [0.15, 0.2) is 0 Å². The fourth-order valence-electron chi connectivity index (χ4n) is 2.80. The molecule has 1 nitrogen and oxygen atoms in total. The van der Waals surface area contributed by atoms with Gasteiger partial charge in [-0.2, -0.15) is 0 Å². The Balaban J connectivity index is 2.08. The second-order valence-corrected chi connectivity index (χ2v) is 5.05. The first-order valence-electron chi connectivity index (χ1n) is 5.35. The van der Waals surface area contributed by atoms with Gasteiger partial charge in [-0.25, -0.2) is 0 Å². The van der Waals surface area contributed by atoms with E-state index in [2.05, 4.69) is 13.8 Å². The molecular formula is C11H20O. The molecule has 0 radical (unpaired) electrons. The summed E-state index contributed by atoms with van der Waals surface area (Å²) in [4.78, 5) is 0. The summed E-state index contributed by atoms with van der Waals surface area (Å²) >= 11 is 0. The molecule has 2 aliphatic carbocycles. The molecule has 0 aromatic heterocycles. The van der Waals surface area contributed by atoms with E-state index in [1.54, 1.807) is 0 Å². The smallest absolute Gasteiger partial charge is 0.0703 e. The first kappa shape index (κ1) is 8.55. The molecule has 0 aromatic carbocycles. The topological polar surface area (TPSA) is 20.2 Å². The van der Waals surface area contributed by atoms with Gasteiger partial charge >= 0.3 is 0 Å². The van der Waals surface area contributed by atoms with E-state index >= 15 is 0 Å². The Morgan fingerprint density at radius 1 is 1.08 bits per heavy atom. The number of hydrogen-bond donors (Lipinski definition) is 1. The van der Waals surface area contributed by atoms with Gasteiger partial charge in [0.05, 0.1) is 5.60 Å². The zero-order valence-electron chi connectivity index (χ0n) is 8.21. The van der Waals surface area contributed by atoms with Gasteiger partial charge in [-0.1, -0.05) is 20.3 Å². The van der Waals surface area contributed by atoms with Crippen LogP contribution >= 0.6 is 0 Å². The minimum atomic E-state index is -0.280. The van der Waals surface area contributed by atoms with Crippen molar-refractivity contribution >= 4 is 0 Å². The maximum absolute atomic E-state index is 10.4. The van der Waals surface area contributed by atoms with Crippen molar-refractivity contribution in [2.24, 2.45) is 17.8 Å². The molecule has 1 N–H and O–H groups in total. The molecular weight excluding hydrogens is 148 g/mol. The third-order valence-corrected chi connectivity index (χ3v) is 3.91. The van der Waals surface area contributed by atoms with Crippen LogP contribution in [-0.2, 0) is 0 Å². The van der Waals surface area contributed by atoms with E-state index in [0.717, 1.165) is 12.3 Å². The highest BCUT2D eigenvalue weighted by atomic mass is 16.3. The third-order valence-electron chi connectivity index (χ3n) is 3.91. The fraction of sp³-hybridized carbons (Fsp3) is 1.00. The van der Waals surface area contributed by atoms with Gasteiger partial charge in [0, 0.05) is 0 Å². The molecule has 2 saturated carbocycles. The van der Waals surface area contributed by atoms with Crippen LogP contribution in [0, 0.1) is 17.8 Å². The number of hydrogen-bond acceptors (Lipinski definition) is 1. The Kier molecular flexibility index (Phi) is 1.95. The Bertz CT molecular complexity index is 174. The van der Waals surface area contributed by atoms with Crippen LogP contribution in [0.2, 0.25) is 0 Å². The van der Waals surface area contributed by atoms with Crippen molar-refractivity contribution in [1.29, 1.82) is 0 Å². The molecule has 2 fully saturated rings. The van der Waals surface area contributed by atoms with Gasteiger partial charge in [0.25, 0.3) is 0 Å². The lowest BCUT2D eigenvalue weighted by molar-refractivity contribution is -0.0745. The maximum Gasteiger partial charge on any atom is 0.0703 e. The van der Waals surface area contributed by atoms with Crippen LogP contribution in [-0.4, -0.2) is 10.7 Å². The molecule has 0 amide bonds. The molecule has 70 valence electrons. The van der Waals surface area contributed by atoms with Crippen molar-refractivity contribution in [3.63, 3.8) is 0 Å². The van der Waals surface area contributed by atoms with Gasteiger partial charge in [0.15, 0.2) is 0 Å². The Hall–Kier alpha value is -0.0400. The largest absolute Gasteiger partial charge is 0.389 e. The number of rotatable bonds is 1. The average molecular weight is 168 g/mol. The lowest BCUT2D eigenvalue weighted by Gasteiger charge is -2.41. The summed E-state index contributed by atoms with van der Waals surface area (Å²) in [5.74, 6) is 1.93. The monoisotopic (exact) mass is 168 g/mol. The minimum absolute atomic E-state index is 0.280. The third kappa shape index (κ3) is 1.28. The van der Waals surface area contributed by atoms with Gasteiger partial charge in [-0.15, -0.1) is 0 Å². The van der Waals surface area contributed by atoms with E-state index in [-0.39, 0.29) is 5.60 Å². The van der Waals surface area contributed by atoms with E-state index in [1.807, 2.05) is 0 Å². The normalized spacial score (nSPS) is 49.2. The Morgan fingerprint density at radius 2 is 1.75 bits per heavy atom. The standard InChI is InChI=1S/C11H20O/c1-8-3-4-9(2)11(12,7-8)10-5-6-10/h8-10,12H,3-7H2,1-2H3. The molecule has 0 aromatic rings. The van der Waals surface area contributed by atoms with Crippen LogP contribution in [0.25, 0.3) is 0 Å². The summed E-state index contributed by atoms with van der Waals surface area (Å²) in [6.45, 7) is 4.50. The van der Waals surface area contributed by atoms with Gasteiger partial charge < -0.3 is 5.11 Å². The summed E-state index contributed by atoms with van der Waals surface area (Å²) in [5, 5.41) is 10.4. The zero-order chi connectivity index (χ0) is 8.77. The Labute approximate surface area is 75.2 Å². The van der Waals surface area contributed by atoms with Crippen LogP contribution in [0.5, 0.6) is 0 Å². The molecule has 0 heterocycles. The molecule has 3 atom stereocenters. The first-order valence-corrected chi connectivity index (χ1v) is 5.35. The van der Waals surface area contributed by atoms with Crippen molar-refractivity contribution in [2.75, 3.05) is 0 Å². The van der Waals surface area contributed by atoms with Crippen molar-refractivity contribution in [3.8, 4) is 0 Å². The average Bonchev–Trinajstić information content (AvgIpc) is 2.79. The minimum Gasteiger partial charge on any atom is -0.389 e. The molecule has 12 heavy (non-hydrogen) atoms. The fourth-order valence-corrected chi connectivity index (χ4v) is 2.80. The number of aliphatic hydroxyl groups is 1. The first-order chi connectivity index (χ1) is 5.63. The van der Waals surface area contributed by atoms with Crippen LogP contribution in [0.1, 0.15) is 46.0 Å². The molecule has 3 unspecified atom stereocenters. The van der Waals surface area contributed by atoms with Crippen LogP contribution in [0.4, 0.5) is 0 Å². The van der Waals surface area contributed by atoms with Gasteiger partial charge in [-0.05, 0) is 43.4 Å². The molecule has 1 heteroatoms. The second-order valence-electron chi connectivity index (χ2n) is 5.05. The molecule has 0 spiro atoms. The van der Waals surface area contributed by atoms with Crippen molar-refractivity contribution in [2.45, 2.75) is 51.6 Å². The zero-order valence-corrected chi connectivity index (χ0v) is 8.21. The summed E-state index contributed by atoms with van der Waals surface area (Å²) < 4.78 is 0. The summed E-state index contributed by atoms with van der Waals surface area (Å²) in [6.07, 6.45) is 6.14. The predicted molar refractivity (Wildman–Crippen MR) is 49.9 cm³/mol. The van der Waals surface area contributed by atoms with E-state index < -0.39 is 0 Å². The Morgan fingerprint density at radius 3 is 2.33 bits per heavy atom. The van der Waals surface area contributed by atoms with E-state index in [1.165, 1.54) is 25.7 Å². The highest BCUT2D eigenvalue weighted by Crippen LogP contribution is 2.50. The van der Waals surface area contributed by atoms with Gasteiger partial charge in [0.2, 0.25) is 0 Å². The van der Waals surface area contributed by atoms with E-state index in [9.17, 15) is 5.11 Å². The summed E-state index contributed by atoms with van der Waals surface area (Å²) in [5.41, 5.74) is -0.280. The molecule has 2 rings (SSSR count). The van der Waals surface area contributed by atoms with E-state index in [4.69, 9.17) is 0 Å². The lowest BCUT2D eigenvalue weighted by Crippen LogP contribution is -2.43. The second kappa shape index (κ2) is 2.73. The van der Waals surface area contributed by atoms with Crippen LogP contribution in [0.3, 0.4) is 0 Å². The quantitative estimate of drug-likeness (QED) is 0.638. The van der Waals surface area contributed by atoms with E-state index in [0.29, 0.717) is 11.8 Å². The predicted octanol–water partition coefficient (Wildman–Crippen LogP) is 2.58. The van der Waals surface area contributed by atoms with Crippen molar-refractivity contribution in [3.05, 3.63) is 0 Å². The lowest BCUT2D eigenvalue weighted by atomic mass is 9.69. The van der Waals surface area contributed by atoms with Crippen LogP contribution < -0.4 is 0 Å². The molecule has 0 aliphatic heterocycles. The van der Waals surface area contributed by atoms with Gasteiger partial charge in [-0.3, -0.25) is 0 Å². The highest BCUT2D eigenvalue weighted by molar-refractivity contribution is 5.00. The van der Waals surface area contributed by atoms with Crippen molar-refractivity contribution in [1.82, 2.24) is 0 Å². The summed E-state index contributed by atoms with van der Waals surface area (Å²) in [7, 11) is 0. The van der Waals surface area contributed by atoms with Crippen molar-refractivity contribution < 1.29 is 5.11 Å². The highest BCUT2D eigenvalue weighted by Gasteiger charge is 2.49. The van der Waals surface area contributed by atoms with Gasteiger partial charge in [0.1, 0.15) is 0 Å².